The molecule has 0 aliphatic rings. The number of furan rings is 1. The van der Waals surface area contributed by atoms with E-state index in [1.165, 1.54) is 5.56 Å². The van der Waals surface area contributed by atoms with Crippen LogP contribution in [0.5, 0.6) is 0 Å². The molecule has 132 valence electrons. The van der Waals surface area contributed by atoms with E-state index in [0.29, 0.717) is 24.7 Å². The first-order chi connectivity index (χ1) is 12.1. The summed E-state index contributed by atoms with van der Waals surface area (Å²) in [4.78, 5) is 6.70. The van der Waals surface area contributed by atoms with Crippen molar-refractivity contribution in [3.63, 3.8) is 0 Å². The van der Waals surface area contributed by atoms with Gasteiger partial charge in [0.25, 0.3) is 5.89 Å². The maximum Gasteiger partial charge on any atom is 0.263 e. The summed E-state index contributed by atoms with van der Waals surface area (Å²) in [5.41, 5.74) is 2.98. The summed E-state index contributed by atoms with van der Waals surface area (Å²) in [6.07, 6.45) is 1.07. The summed E-state index contributed by atoms with van der Waals surface area (Å²) in [5, 5.41) is 10.5. The Morgan fingerprint density at radius 2 is 1.92 bits per heavy atom. The molecule has 25 heavy (non-hydrogen) atoms. The van der Waals surface area contributed by atoms with E-state index in [4.69, 9.17) is 8.83 Å². The van der Waals surface area contributed by atoms with E-state index >= 15 is 0 Å². The predicted octanol–water partition coefficient (Wildman–Crippen LogP) is 4.11. The third-order valence-electron chi connectivity index (χ3n) is 4.34. The Balaban J connectivity index is 1.69. The molecule has 0 aliphatic carbocycles. The third-order valence-corrected chi connectivity index (χ3v) is 4.34. The zero-order chi connectivity index (χ0) is 17.8. The van der Waals surface area contributed by atoms with Gasteiger partial charge < -0.3 is 13.9 Å². The van der Waals surface area contributed by atoms with Crippen molar-refractivity contribution in [3.8, 4) is 11.7 Å². The van der Waals surface area contributed by atoms with Gasteiger partial charge in [-0.2, -0.15) is 0 Å². The number of rotatable bonds is 7. The lowest BCUT2D eigenvalue weighted by atomic mass is 10.1. The molecule has 5 nitrogen and oxygen atoms in total. The van der Waals surface area contributed by atoms with Crippen LogP contribution in [0, 0.1) is 13.8 Å². The Bertz CT molecular complexity index is 791. The molecule has 0 fully saturated rings. The minimum absolute atomic E-state index is 0.493. The number of oxazole rings is 1. The molecule has 0 saturated heterocycles. The number of aliphatic hydroxyl groups is 1. The molecular formula is C20H24N2O3. The zero-order valence-corrected chi connectivity index (χ0v) is 14.9. The molecule has 0 aliphatic heterocycles. The molecule has 0 amide bonds. The van der Waals surface area contributed by atoms with Crippen molar-refractivity contribution in [2.75, 3.05) is 13.1 Å². The van der Waals surface area contributed by atoms with Crippen molar-refractivity contribution >= 4 is 0 Å². The first-order valence-corrected chi connectivity index (χ1v) is 8.54. The summed E-state index contributed by atoms with van der Waals surface area (Å²) in [7, 11) is 0. The van der Waals surface area contributed by atoms with Gasteiger partial charge in [-0.15, -0.1) is 0 Å². The van der Waals surface area contributed by atoms with Gasteiger partial charge in [0.15, 0.2) is 5.76 Å². The van der Waals surface area contributed by atoms with Crippen LogP contribution in [0.4, 0.5) is 0 Å². The molecule has 1 aromatic carbocycles. The van der Waals surface area contributed by atoms with Gasteiger partial charge in [0, 0.05) is 13.1 Å². The van der Waals surface area contributed by atoms with E-state index in [1.807, 2.05) is 50.2 Å². The monoisotopic (exact) mass is 340 g/mol. The van der Waals surface area contributed by atoms with E-state index in [-0.39, 0.29) is 0 Å². The topological polar surface area (TPSA) is 62.6 Å². The van der Waals surface area contributed by atoms with Crippen molar-refractivity contribution in [1.82, 2.24) is 9.88 Å². The number of aromatic nitrogens is 1. The number of hydrogen-bond donors (Lipinski definition) is 1. The van der Waals surface area contributed by atoms with Crippen LogP contribution in [-0.4, -0.2) is 28.1 Å². The molecule has 1 unspecified atom stereocenters. The number of aliphatic hydroxyl groups excluding tert-OH is 1. The zero-order valence-electron chi connectivity index (χ0n) is 14.9. The third kappa shape index (κ3) is 4.18. The molecule has 3 rings (SSSR count). The van der Waals surface area contributed by atoms with Crippen molar-refractivity contribution in [2.45, 2.75) is 33.4 Å². The van der Waals surface area contributed by atoms with Crippen molar-refractivity contribution in [1.29, 1.82) is 0 Å². The Hall–Kier alpha value is -2.37. The van der Waals surface area contributed by atoms with Gasteiger partial charge in [0.05, 0.1) is 18.1 Å². The number of nitrogens with zero attached hydrogens (tertiary/aromatic N) is 2. The van der Waals surface area contributed by atoms with Crippen molar-refractivity contribution in [2.24, 2.45) is 0 Å². The maximum atomic E-state index is 10.5. The van der Waals surface area contributed by atoms with Crippen LogP contribution in [-0.2, 0) is 6.54 Å². The van der Waals surface area contributed by atoms with E-state index < -0.39 is 6.10 Å². The van der Waals surface area contributed by atoms with Gasteiger partial charge in [-0.05, 0) is 38.1 Å². The molecule has 1 atom stereocenters. The molecule has 0 bridgehead atoms. The molecular weight excluding hydrogens is 316 g/mol. The van der Waals surface area contributed by atoms with Crippen LogP contribution in [0.2, 0.25) is 0 Å². The Labute approximate surface area is 147 Å². The number of benzene rings is 1. The molecule has 2 aromatic heterocycles. The minimum Gasteiger partial charge on any atom is -0.459 e. The fourth-order valence-electron chi connectivity index (χ4n) is 2.74. The number of hydrogen-bond acceptors (Lipinski definition) is 5. The fourth-order valence-corrected chi connectivity index (χ4v) is 2.74. The van der Waals surface area contributed by atoms with E-state index in [1.54, 1.807) is 6.26 Å². The first-order valence-electron chi connectivity index (χ1n) is 8.54. The average Bonchev–Trinajstić information content (AvgIpc) is 3.25. The number of likely N-dealkylation sites (N-methyl/N-ethyl adjacent to an activating group) is 1. The summed E-state index contributed by atoms with van der Waals surface area (Å²) in [6.45, 7) is 7.99. The highest BCUT2D eigenvalue weighted by Gasteiger charge is 2.18. The summed E-state index contributed by atoms with van der Waals surface area (Å²) in [5.74, 6) is 1.89. The summed E-state index contributed by atoms with van der Waals surface area (Å²) >= 11 is 0. The van der Waals surface area contributed by atoms with Crippen molar-refractivity contribution in [3.05, 3.63) is 65.2 Å². The van der Waals surface area contributed by atoms with Gasteiger partial charge in [0.1, 0.15) is 5.76 Å². The summed E-state index contributed by atoms with van der Waals surface area (Å²) in [6, 6.07) is 11.6. The van der Waals surface area contributed by atoms with Crippen LogP contribution >= 0.6 is 0 Å². The van der Waals surface area contributed by atoms with Gasteiger partial charge in [0.2, 0.25) is 0 Å². The van der Waals surface area contributed by atoms with Gasteiger partial charge in [-0.25, -0.2) is 4.98 Å². The lowest BCUT2D eigenvalue weighted by Gasteiger charge is -2.23. The quantitative estimate of drug-likeness (QED) is 0.701. The minimum atomic E-state index is -0.530. The molecule has 1 N–H and O–H groups in total. The first kappa shape index (κ1) is 17.5. The SMILES string of the molecule is CCN(Cc1nc(-c2ccco2)oc1C)CC(O)c1ccc(C)cc1. The summed E-state index contributed by atoms with van der Waals surface area (Å²) < 4.78 is 11.1. The normalized spacial score (nSPS) is 12.7. The fraction of sp³-hybridized carbons (Fsp3) is 0.350. The van der Waals surface area contributed by atoms with Crippen LogP contribution in [0.25, 0.3) is 11.7 Å². The second-order valence-corrected chi connectivity index (χ2v) is 6.25. The van der Waals surface area contributed by atoms with Gasteiger partial charge in [-0.3, -0.25) is 4.90 Å². The average molecular weight is 340 g/mol. The molecule has 0 spiro atoms. The second-order valence-electron chi connectivity index (χ2n) is 6.25. The highest BCUT2D eigenvalue weighted by atomic mass is 16.4. The predicted molar refractivity (Wildman–Crippen MR) is 96.0 cm³/mol. The largest absolute Gasteiger partial charge is 0.459 e. The van der Waals surface area contributed by atoms with E-state index in [2.05, 4.69) is 16.8 Å². The molecule has 0 radical (unpaired) electrons. The Morgan fingerprint density at radius 1 is 1.16 bits per heavy atom. The molecule has 3 aromatic rings. The van der Waals surface area contributed by atoms with Gasteiger partial charge in [-0.1, -0.05) is 36.8 Å². The van der Waals surface area contributed by atoms with Crippen LogP contribution in [0.15, 0.2) is 51.5 Å². The van der Waals surface area contributed by atoms with Crippen molar-refractivity contribution < 1.29 is 13.9 Å². The Kier molecular flexibility index (Phi) is 5.36. The lowest BCUT2D eigenvalue weighted by molar-refractivity contribution is 0.111. The van der Waals surface area contributed by atoms with Crippen LogP contribution < -0.4 is 0 Å². The highest BCUT2D eigenvalue weighted by Crippen LogP contribution is 2.23. The number of aryl methyl sites for hydroxylation is 2. The molecule has 0 saturated carbocycles. The maximum absolute atomic E-state index is 10.5. The van der Waals surface area contributed by atoms with E-state index in [0.717, 1.165) is 23.6 Å². The smallest absolute Gasteiger partial charge is 0.263 e. The Morgan fingerprint density at radius 3 is 2.56 bits per heavy atom. The lowest BCUT2D eigenvalue weighted by Crippen LogP contribution is -2.28. The molecule has 5 heteroatoms. The van der Waals surface area contributed by atoms with E-state index in [9.17, 15) is 5.11 Å². The van der Waals surface area contributed by atoms with Crippen LogP contribution in [0.3, 0.4) is 0 Å². The molecule has 2 heterocycles. The second kappa shape index (κ2) is 7.68. The van der Waals surface area contributed by atoms with Gasteiger partial charge >= 0.3 is 0 Å². The standard InChI is InChI=1S/C20H24N2O3/c1-4-22(13-18(23)16-9-7-14(2)8-10-16)12-17-15(3)25-20(21-17)19-6-5-11-24-19/h5-11,18,23H,4,12-13H2,1-3H3. The highest BCUT2D eigenvalue weighted by molar-refractivity contribution is 5.44. The van der Waals surface area contributed by atoms with Crippen LogP contribution in [0.1, 0.15) is 35.6 Å².